The second-order valence-corrected chi connectivity index (χ2v) is 4.87. The van der Waals surface area contributed by atoms with Gasteiger partial charge in [0.05, 0.1) is 18.8 Å². The fraction of sp³-hybridized carbons (Fsp3) is 0.0625. The van der Waals surface area contributed by atoms with E-state index >= 15 is 0 Å². The number of nitrogens with one attached hydrogen (secondary N) is 1. The van der Waals surface area contributed by atoms with Gasteiger partial charge in [-0.2, -0.15) is 5.10 Å². The number of nitrogens with zero attached hydrogens (tertiary/aromatic N) is 3. The molecule has 0 aliphatic carbocycles. The van der Waals surface area contributed by atoms with Gasteiger partial charge in [-0.15, -0.1) is 0 Å². The summed E-state index contributed by atoms with van der Waals surface area (Å²) in [5.74, 6) is 1.41. The summed E-state index contributed by atoms with van der Waals surface area (Å²) < 4.78 is 5.18. The van der Waals surface area contributed by atoms with Crippen LogP contribution < -0.4 is 10.2 Å². The number of pyridine rings is 2. The summed E-state index contributed by atoms with van der Waals surface area (Å²) in [5, 5.41) is 5.47. The maximum Gasteiger partial charge on any atom is 0.146 e. The maximum atomic E-state index is 6.19. The Morgan fingerprint density at radius 3 is 2.91 bits per heavy atom. The van der Waals surface area contributed by atoms with E-state index in [0.29, 0.717) is 11.0 Å². The summed E-state index contributed by atoms with van der Waals surface area (Å²) >= 11 is 6.19. The SMILES string of the molecule is COc1ccc2cc(/C=N/Nc3ccccn3)c(Cl)nc2c1. The average molecular weight is 313 g/mol. The van der Waals surface area contributed by atoms with Crippen molar-refractivity contribution in [2.75, 3.05) is 12.5 Å². The predicted molar refractivity (Wildman–Crippen MR) is 88.8 cm³/mol. The quantitative estimate of drug-likeness (QED) is 0.453. The van der Waals surface area contributed by atoms with Crippen molar-refractivity contribution >= 4 is 34.5 Å². The molecule has 0 fully saturated rings. The number of halogens is 1. The van der Waals surface area contributed by atoms with E-state index in [-0.39, 0.29) is 0 Å². The highest BCUT2D eigenvalue weighted by atomic mass is 35.5. The predicted octanol–water partition coefficient (Wildman–Crippen LogP) is 3.74. The average Bonchev–Trinajstić information content (AvgIpc) is 2.56. The number of hydrazone groups is 1. The summed E-state index contributed by atoms with van der Waals surface area (Å²) in [4.78, 5) is 8.47. The summed E-state index contributed by atoms with van der Waals surface area (Å²) in [5.41, 5.74) is 4.34. The van der Waals surface area contributed by atoms with Crippen molar-refractivity contribution in [2.24, 2.45) is 5.10 Å². The molecule has 0 aliphatic heterocycles. The molecule has 0 amide bonds. The van der Waals surface area contributed by atoms with Crippen molar-refractivity contribution in [1.82, 2.24) is 9.97 Å². The minimum absolute atomic E-state index is 0.382. The Bertz CT molecular complexity index is 821. The second-order valence-electron chi connectivity index (χ2n) is 4.51. The molecule has 22 heavy (non-hydrogen) atoms. The lowest BCUT2D eigenvalue weighted by Gasteiger charge is -2.04. The first kappa shape index (κ1) is 14.3. The number of fused-ring (bicyclic) bond motifs is 1. The summed E-state index contributed by atoms with van der Waals surface area (Å²) in [6.07, 6.45) is 3.31. The molecule has 0 atom stereocenters. The number of benzene rings is 1. The first-order valence-electron chi connectivity index (χ1n) is 6.60. The zero-order valence-electron chi connectivity index (χ0n) is 11.8. The van der Waals surface area contributed by atoms with Crippen LogP contribution in [0, 0.1) is 0 Å². The lowest BCUT2D eigenvalue weighted by molar-refractivity contribution is 0.415. The Morgan fingerprint density at radius 2 is 2.14 bits per heavy atom. The highest BCUT2D eigenvalue weighted by Crippen LogP contribution is 2.23. The monoisotopic (exact) mass is 312 g/mol. The Labute approximate surface area is 132 Å². The standard InChI is InChI=1S/C16H13ClN4O/c1-22-13-6-5-11-8-12(16(17)20-14(11)9-13)10-19-21-15-4-2-3-7-18-15/h2-10H,1H3,(H,18,21)/b19-10+. The topological polar surface area (TPSA) is 59.4 Å². The van der Waals surface area contributed by atoms with E-state index in [2.05, 4.69) is 20.5 Å². The van der Waals surface area contributed by atoms with E-state index in [1.54, 1.807) is 19.5 Å². The third-order valence-electron chi connectivity index (χ3n) is 3.05. The van der Waals surface area contributed by atoms with Crippen LogP contribution in [0.15, 0.2) is 53.8 Å². The van der Waals surface area contributed by atoms with Gasteiger partial charge in [0.15, 0.2) is 0 Å². The van der Waals surface area contributed by atoms with E-state index in [4.69, 9.17) is 16.3 Å². The summed E-state index contributed by atoms with van der Waals surface area (Å²) in [7, 11) is 1.62. The molecule has 0 saturated carbocycles. The number of anilines is 1. The molecule has 0 bridgehead atoms. The van der Waals surface area contributed by atoms with Gasteiger partial charge in [0.25, 0.3) is 0 Å². The maximum absolute atomic E-state index is 6.19. The van der Waals surface area contributed by atoms with Gasteiger partial charge in [-0.1, -0.05) is 17.7 Å². The van der Waals surface area contributed by atoms with Crippen LogP contribution in [0.3, 0.4) is 0 Å². The van der Waals surface area contributed by atoms with Crippen LogP contribution in [0.25, 0.3) is 10.9 Å². The molecule has 0 saturated heterocycles. The van der Waals surface area contributed by atoms with E-state index < -0.39 is 0 Å². The number of aromatic nitrogens is 2. The van der Waals surface area contributed by atoms with Crippen LogP contribution in [-0.2, 0) is 0 Å². The molecule has 0 unspecified atom stereocenters. The zero-order valence-corrected chi connectivity index (χ0v) is 12.6. The molecule has 3 aromatic rings. The molecule has 1 aromatic carbocycles. The molecule has 6 heteroatoms. The molecule has 0 spiro atoms. The van der Waals surface area contributed by atoms with Crippen LogP contribution in [-0.4, -0.2) is 23.3 Å². The Morgan fingerprint density at radius 1 is 1.23 bits per heavy atom. The first-order chi connectivity index (χ1) is 10.8. The van der Waals surface area contributed by atoms with E-state index in [1.807, 2.05) is 42.5 Å². The number of ether oxygens (including phenoxy) is 1. The van der Waals surface area contributed by atoms with Crippen molar-refractivity contribution < 1.29 is 4.74 Å². The van der Waals surface area contributed by atoms with Gasteiger partial charge in [-0.3, -0.25) is 5.43 Å². The lowest BCUT2D eigenvalue weighted by Crippen LogP contribution is -1.95. The van der Waals surface area contributed by atoms with E-state index in [0.717, 1.165) is 22.2 Å². The van der Waals surface area contributed by atoms with E-state index in [1.165, 1.54) is 0 Å². The molecule has 3 rings (SSSR count). The molecule has 5 nitrogen and oxygen atoms in total. The zero-order chi connectivity index (χ0) is 15.4. The highest BCUT2D eigenvalue weighted by Gasteiger charge is 2.04. The van der Waals surface area contributed by atoms with Gasteiger partial charge < -0.3 is 4.74 Å². The molecule has 2 aromatic heterocycles. The van der Waals surface area contributed by atoms with Crippen molar-refractivity contribution in [3.05, 3.63) is 59.4 Å². The van der Waals surface area contributed by atoms with Crippen molar-refractivity contribution in [2.45, 2.75) is 0 Å². The molecule has 110 valence electrons. The van der Waals surface area contributed by atoms with Gasteiger partial charge in [-0.25, -0.2) is 9.97 Å². The molecule has 2 heterocycles. The minimum atomic E-state index is 0.382. The van der Waals surface area contributed by atoms with Crippen molar-refractivity contribution in [1.29, 1.82) is 0 Å². The summed E-state index contributed by atoms with van der Waals surface area (Å²) in [6.45, 7) is 0. The number of rotatable bonds is 4. The number of methoxy groups -OCH3 is 1. The van der Waals surface area contributed by atoms with Gasteiger partial charge >= 0.3 is 0 Å². The van der Waals surface area contributed by atoms with Crippen molar-refractivity contribution in [3.8, 4) is 5.75 Å². The van der Waals surface area contributed by atoms with Gasteiger partial charge in [0.1, 0.15) is 16.7 Å². The highest BCUT2D eigenvalue weighted by molar-refractivity contribution is 6.32. The molecular formula is C16H13ClN4O. The Hall–Kier alpha value is -2.66. The van der Waals surface area contributed by atoms with Crippen LogP contribution >= 0.6 is 11.6 Å². The third kappa shape index (κ3) is 3.15. The van der Waals surface area contributed by atoms with Gasteiger partial charge in [0.2, 0.25) is 0 Å². The fourth-order valence-electron chi connectivity index (χ4n) is 1.95. The smallest absolute Gasteiger partial charge is 0.146 e. The Balaban J connectivity index is 1.86. The molecule has 0 radical (unpaired) electrons. The number of hydrogen-bond donors (Lipinski definition) is 1. The van der Waals surface area contributed by atoms with Crippen LogP contribution in [0.5, 0.6) is 5.75 Å². The first-order valence-corrected chi connectivity index (χ1v) is 6.98. The minimum Gasteiger partial charge on any atom is -0.497 e. The largest absolute Gasteiger partial charge is 0.497 e. The number of hydrogen-bond acceptors (Lipinski definition) is 5. The summed E-state index contributed by atoms with van der Waals surface area (Å²) in [6, 6.07) is 13.1. The second kappa shape index (κ2) is 6.41. The van der Waals surface area contributed by atoms with Crippen molar-refractivity contribution in [3.63, 3.8) is 0 Å². The Kier molecular flexibility index (Phi) is 4.16. The fourth-order valence-corrected chi connectivity index (χ4v) is 2.15. The van der Waals surface area contributed by atoms with Gasteiger partial charge in [0, 0.05) is 23.2 Å². The van der Waals surface area contributed by atoms with Crippen LogP contribution in [0.1, 0.15) is 5.56 Å². The third-order valence-corrected chi connectivity index (χ3v) is 3.36. The molecule has 0 aliphatic rings. The van der Waals surface area contributed by atoms with Gasteiger partial charge in [-0.05, 0) is 30.3 Å². The normalized spacial score (nSPS) is 11.0. The van der Waals surface area contributed by atoms with E-state index in [9.17, 15) is 0 Å². The van der Waals surface area contributed by atoms with Crippen LogP contribution in [0.2, 0.25) is 5.15 Å². The molecular weight excluding hydrogens is 300 g/mol. The van der Waals surface area contributed by atoms with Crippen LogP contribution in [0.4, 0.5) is 5.82 Å². The molecule has 1 N–H and O–H groups in total. The lowest BCUT2D eigenvalue weighted by atomic mass is 10.1.